The standard InChI is InChI=1S/C12H13BrO2/c13-10-6-5-9(15-10)12(14)11-7-3-1-2-4-8(7)11/h5-8,11H,1-4H2. The Morgan fingerprint density at radius 2 is 1.93 bits per heavy atom. The highest BCUT2D eigenvalue weighted by molar-refractivity contribution is 9.10. The number of ketones is 1. The third-order valence-electron chi connectivity index (χ3n) is 3.78. The van der Waals surface area contributed by atoms with Gasteiger partial charge in [0, 0.05) is 5.92 Å². The van der Waals surface area contributed by atoms with Crippen LogP contribution in [-0.2, 0) is 0 Å². The summed E-state index contributed by atoms with van der Waals surface area (Å²) in [5, 5.41) is 0. The second-order valence-corrected chi connectivity index (χ2v) is 5.39. The second-order valence-electron chi connectivity index (χ2n) is 4.61. The van der Waals surface area contributed by atoms with Crippen LogP contribution in [0.15, 0.2) is 21.2 Å². The lowest BCUT2D eigenvalue weighted by atomic mass is 10.0. The molecule has 0 N–H and O–H groups in total. The van der Waals surface area contributed by atoms with Gasteiger partial charge in [0.2, 0.25) is 5.78 Å². The van der Waals surface area contributed by atoms with Crippen molar-refractivity contribution >= 4 is 21.7 Å². The van der Waals surface area contributed by atoms with Gasteiger partial charge in [-0.25, -0.2) is 0 Å². The van der Waals surface area contributed by atoms with E-state index in [0.29, 0.717) is 22.3 Å². The lowest BCUT2D eigenvalue weighted by molar-refractivity contribution is 0.0927. The average Bonchev–Trinajstić information content (AvgIpc) is 2.82. The Kier molecular flexibility index (Phi) is 2.23. The van der Waals surface area contributed by atoms with Crippen LogP contribution in [0, 0.1) is 17.8 Å². The van der Waals surface area contributed by atoms with Gasteiger partial charge in [-0.05, 0) is 52.7 Å². The number of carbonyl (C=O) groups excluding carboxylic acids is 1. The molecule has 2 aliphatic rings. The molecule has 2 atom stereocenters. The van der Waals surface area contributed by atoms with E-state index in [2.05, 4.69) is 15.9 Å². The lowest BCUT2D eigenvalue weighted by Gasteiger charge is -2.04. The minimum absolute atomic E-state index is 0.220. The molecule has 2 nitrogen and oxygen atoms in total. The largest absolute Gasteiger partial charge is 0.446 e. The van der Waals surface area contributed by atoms with Gasteiger partial charge in [-0.1, -0.05) is 12.8 Å². The Balaban J connectivity index is 1.76. The van der Waals surface area contributed by atoms with Crippen molar-refractivity contribution in [3.05, 3.63) is 22.6 Å². The van der Waals surface area contributed by atoms with E-state index < -0.39 is 0 Å². The zero-order valence-corrected chi connectivity index (χ0v) is 10.00. The molecule has 1 heterocycles. The van der Waals surface area contributed by atoms with Crippen molar-refractivity contribution in [1.29, 1.82) is 0 Å². The summed E-state index contributed by atoms with van der Waals surface area (Å²) >= 11 is 3.23. The molecular weight excluding hydrogens is 256 g/mol. The molecule has 0 radical (unpaired) electrons. The van der Waals surface area contributed by atoms with Crippen molar-refractivity contribution in [2.45, 2.75) is 25.7 Å². The molecule has 2 unspecified atom stereocenters. The zero-order chi connectivity index (χ0) is 10.4. The van der Waals surface area contributed by atoms with Gasteiger partial charge in [0.25, 0.3) is 0 Å². The summed E-state index contributed by atoms with van der Waals surface area (Å²) in [7, 11) is 0. The first-order valence-electron chi connectivity index (χ1n) is 5.57. The molecule has 3 rings (SSSR count). The van der Waals surface area contributed by atoms with E-state index in [1.54, 1.807) is 12.1 Å². The van der Waals surface area contributed by atoms with Crippen LogP contribution in [0.1, 0.15) is 36.2 Å². The van der Waals surface area contributed by atoms with Gasteiger partial charge in [-0.15, -0.1) is 0 Å². The van der Waals surface area contributed by atoms with Gasteiger partial charge >= 0.3 is 0 Å². The number of furan rings is 1. The van der Waals surface area contributed by atoms with Gasteiger partial charge in [-0.3, -0.25) is 4.79 Å². The van der Waals surface area contributed by atoms with Crippen LogP contribution in [0.5, 0.6) is 0 Å². The quantitative estimate of drug-likeness (QED) is 0.767. The summed E-state index contributed by atoms with van der Waals surface area (Å²) in [6.45, 7) is 0. The van der Waals surface area contributed by atoms with Gasteiger partial charge < -0.3 is 4.42 Å². The van der Waals surface area contributed by atoms with E-state index in [1.165, 1.54) is 25.7 Å². The number of halogens is 1. The van der Waals surface area contributed by atoms with Crippen LogP contribution in [0.25, 0.3) is 0 Å². The fourth-order valence-corrected chi connectivity index (χ4v) is 3.30. The molecule has 0 bridgehead atoms. The van der Waals surface area contributed by atoms with Gasteiger partial charge in [0.05, 0.1) is 0 Å². The number of hydrogen-bond donors (Lipinski definition) is 0. The van der Waals surface area contributed by atoms with Crippen molar-refractivity contribution in [3.63, 3.8) is 0 Å². The minimum Gasteiger partial charge on any atom is -0.446 e. The van der Waals surface area contributed by atoms with Gasteiger partial charge in [0.1, 0.15) is 0 Å². The lowest BCUT2D eigenvalue weighted by Crippen LogP contribution is -2.02. The second kappa shape index (κ2) is 3.48. The predicted molar refractivity (Wildman–Crippen MR) is 59.7 cm³/mol. The normalized spacial score (nSPS) is 33.5. The van der Waals surface area contributed by atoms with Crippen LogP contribution in [0.3, 0.4) is 0 Å². The fraction of sp³-hybridized carbons (Fsp3) is 0.583. The van der Waals surface area contributed by atoms with Gasteiger partial charge in [0.15, 0.2) is 10.4 Å². The summed E-state index contributed by atoms with van der Waals surface area (Å²) in [6, 6.07) is 3.57. The van der Waals surface area contributed by atoms with Crippen LogP contribution in [-0.4, -0.2) is 5.78 Å². The first-order chi connectivity index (χ1) is 7.27. The first kappa shape index (κ1) is 9.64. The third kappa shape index (κ3) is 1.57. The number of rotatable bonds is 2. The van der Waals surface area contributed by atoms with Crippen molar-refractivity contribution in [2.24, 2.45) is 17.8 Å². The molecule has 0 aliphatic heterocycles. The average molecular weight is 269 g/mol. The molecule has 1 aromatic rings. The number of hydrogen-bond acceptors (Lipinski definition) is 2. The Labute approximate surface area is 97.2 Å². The molecule has 0 amide bonds. The summed E-state index contributed by atoms with van der Waals surface area (Å²) in [4.78, 5) is 12.1. The number of carbonyl (C=O) groups is 1. The van der Waals surface area contributed by atoms with E-state index >= 15 is 0 Å². The summed E-state index contributed by atoms with van der Waals surface area (Å²) < 4.78 is 5.97. The molecule has 0 aromatic carbocycles. The van der Waals surface area contributed by atoms with E-state index in [1.807, 2.05) is 0 Å². The Bertz CT molecular complexity index is 384. The Morgan fingerprint density at radius 1 is 1.27 bits per heavy atom. The highest BCUT2D eigenvalue weighted by Gasteiger charge is 2.55. The van der Waals surface area contributed by atoms with E-state index in [0.717, 1.165) is 0 Å². The van der Waals surface area contributed by atoms with E-state index in [4.69, 9.17) is 4.42 Å². The van der Waals surface area contributed by atoms with Crippen LogP contribution in [0.2, 0.25) is 0 Å². The van der Waals surface area contributed by atoms with E-state index in [9.17, 15) is 4.79 Å². The monoisotopic (exact) mass is 268 g/mol. The summed E-state index contributed by atoms with van der Waals surface area (Å²) in [6.07, 6.45) is 5.07. The topological polar surface area (TPSA) is 30.2 Å². The number of Topliss-reactive ketones (excluding diaryl/α,β-unsaturated/α-hetero) is 1. The molecule has 0 saturated heterocycles. The molecule has 1 aromatic heterocycles. The maximum Gasteiger partial charge on any atom is 0.201 e. The van der Waals surface area contributed by atoms with Crippen molar-refractivity contribution < 1.29 is 9.21 Å². The summed E-state index contributed by atoms with van der Waals surface area (Å²) in [5.74, 6) is 2.34. The third-order valence-corrected chi connectivity index (χ3v) is 4.20. The SMILES string of the molecule is O=C(c1ccc(Br)o1)C1C2CCCCC21. The zero-order valence-electron chi connectivity index (χ0n) is 8.41. The van der Waals surface area contributed by atoms with Crippen LogP contribution >= 0.6 is 15.9 Å². The Morgan fingerprint density at radius 3 is 2.47 bits per heavy atom. The molecule has 80 valence electrons. The van der Waals surface area contributed by atoms with E-state index in [-0.39, 0.29) is 11.7 Å². The first-order valence-corrected chi connectivity index (χ1v) is 6.36. The highest BCUT2D eigenvalue weighted by atomic mass is 79.9. The van der Waals surface area contributed by atoms with Crippen LogP contribution < -0.4 is 0 Å². The highest BCUT2D eigenvalue weighted by Crippen LogP contribution is 2.56. The molecule has 2 aliphatic carbocycles. The maximum absolute atomic E-state index is 12.1. The minimum atomic E-state index is 0.220. The molecule has 0 spiro atoms. The molecule has 2 saturated carbocycles. The van der Waals surface area contributed by atoms with Crippen LogP contribution in [0.4, 0.5) is 0 Å². The summed E-state index contributed by atoms with van der Waals surface area (Å²) in [5.41, 5.74) is 0. The molecule has 15 heavy (non-hydrogen) atoms. The van der Waals surface area contributed by atoms with Crippen molar-refractivity contribution in [1.82, 2.24) is 0 Å². The predicted octanol–water partition coefficient (Wildman–Crippen LogP) is 3.66. The van der Waals surface area contributed by atoms with Gasteiger partial charge in [-0.2, -0.15) is 0 Å². The number of fused-ring (bicyclic) bond motifs is 1. The Hall–Kier alpha value is -0.570. The molecule has 3 heteroatoms. The maximum atomic E-state index is 12.1. The smallest absolute Gasteiger partial charge is 0.201 e. The van der Waals surface area contributed by atoms with Crippen molar-refractivity contribution in [3.8, 4) is 0 Å². The van der Waals surface area contributed by atoms with Crippen molar-refractivity contribution in [2.75, 3.05) is 0 Å². The molecular formula is C12H13BrO2. The molecule has 2 fully saturated rings. The fourth-order valence-electron chi connectivity index (χ4n) is 2.99.